The summed E-state index contributed by atoms with van der Waals surface area (Å²) < 4.78 is 2.44. The molecule has 0 saturated carbocycles. The fraction of sp³-hybridized carbons (Fsp3) is 0.833. The van der Waals surface area contributed by atoms with Crippen molar-refractivity contribution < 1.29 is 0 Å². The summed E-state index contributed by atoms with van der Waals surface area (Å²) in [5.74, 6) is 1.18. The molecule has 0 N–H and O–H groups in total. The molecule has 20 heavy (non-hydrogen) atoms. The number of nitrogens with zero attached hydrogens (tertiary/aromatic N) is 2. The van der Waals surface area contributed by atoms with Crippen LogP contribution in [0.4, 0.5) is 0 Å². The van der Waals surface area contributed by atoms with E-state index in [1.807, 2.05) is 0 Å². The molecule has 2 nitrogen and oxygen atoms in total. The molecule has 0 aromatic carbocycles. The molecule has 0 amide bonds. The Bertz CT molecular complexity index is 381. The van der Waals surface area contributed by atoms with E-state index in [0.717, 1.165) is 5.69 Å². The van der Waals surface area contributed by atoms with Crippen LogP contribution < -0.4 is 0 Å². The minimum Gasteiger partial charge on any atom is -0.329 e. The van der Waals surface area contributed by atoms with Crippen molar-refractivity contribution in [1.82, 2.24) is 9.55 Å². The Hall–Kier alpha value is -0.790. The summed E-state index contributed by atoms with van der Waals surface area (Å²) in [4.78, 5) is 4.61. The van der Waals surface area contributed by atoms with Crippen LogP contribution in [0.1, 0.15) is 90.1 Å². The lowest BCUT2D eigenvalue weighted by Crippen LogP contribution is -2.30. The first-order valence-electron chi connectivity index (χ1n) is 8.56. The van der Waals surface area contributed by atoms with Gasteiger partial charge in [0.25, 0.3) is 0 Å². The molecule has 2 heteroatoms. The number of aromatic nitrogens is 2. The number of aryl methyl sites for hydroxylation is 2. The lowest BCUT2D eigenvalue weighted by molar-refractivity contribution is 0.248. The van der Waals surface area contributed by atoms with E-state index >= 15 is 0 Å². The third-order valence-corrected chi connectivity index (χ3v) is 4.47. The smallest absolute Gasteiger partial charge is 0.106 e. The van der Waals surface area contributed by atoms with Crippen LogP contribution in [-0.4, -0.2) is 9.55 Å². The van der Waals surface area contributed by atoms with Gasteiger partial charge in [-0.15, -0.1) is 0 Å². The molecular formula is C18H34N2. The third kappa shape index (κ3) is 4.96. The van der Waals surface area contributed by atoms with Gasteiger partial charge in [-0.3, -0.25) is 0 Å². The second-order valence-corrected chi connectivity index (χ2v) is 6.56. The van der Waals surface area contributed by atoms with Gasteiger partial charge in [-0.05, 0) is 33.6 Å². The lowest BCUT2D eigenvalue weighted by atomic mass is 9.88. The first-order valence-corrected chi connectivity index (χ1v) is 8.56. The zero-order valence-corrected chi connectivity index (χ0v) is 14.3. The van der Waals surface area contributed by atoms with Crippen molar-refractivity contribution in [2.75, 3.05) is 0 Å². The maximum atomic E-state index is 4.61. The van der Waals surface area contributed by atoms with Crippen molar-refractivity contribution in [1.29, 1.82) is 0 Å². The van der Waals surface area contributed by atoms with E-state index in [4.69, 9.17) is 0 Å². The van der Waals surface area contributed by atoms with Gasteiger partial charge in [0, 0.05) is 11.7 Å². The van der Waals surface area contributed by atoms with E-state index < -0.39 is 0 Å². The average Bonchev–Trinajstić information content (AvgIpc) is 2.76. The molecule has 0 radical (unpaired) electrons. The van der Waals surface area contributed by atoms with Gasteiger partial charge in [0.05, 0.1) is 5.69 Å². The SMILES string of the molecule is CCCCCCCC(C)(CCCC)n1cc(C)nc1C. The molecule has 1 aromatic rings. The Morgan fingerprint density at radius 2 is 1.55 bits per heavy atom. The van der Waals surface area contributed by atoms with Gasteiger partial charge in [-0.25, -0.2) is 4.98 Å². The first-order chi connectivity index (χ1) is 9.53. The van der Waals surface area contributed by atoms with Crippen LogP contribution in [0.5, 0.6) is 0 Å². The predicted molar refractivity (Wildman–Crippen MR) is 88.3 cm³/mol. The normalized spacial score (nSPS) is 14.4. The molecule has 0 fully saturated rings. The van der Waals surface area contributed by atoms with Crippen LogP contribution in [0.25, 0.3) is 0 Å². The molecule has 1 rings (SSSR count). The van der Waals surface area contributed by atoms with Crippen LogP contribution in [0.15, 0.2) is 6.20 Å². The molecule has 1 unspecified atom stereocenters. The van der Waals surface area contributed by atoms with Crippen molar-refractivity contribution in [3.8, 4) is 0 Å². The summed E-state index contributed by atoms with van der Waals surface area (Å²) in [6.07, 6.45) is 14.2. The third-order valence-electron chi connectivity index (χ3n) is 4.47. The fourth-order valence-electron chi connectivity index (χ4n) is 3.20. The van der Waals surface area contributed by atoms with Crippen molar-refractivity contribution in [3.63, 3.8) is 0 Å². The summed E-state index contributed by atoms with van der Waals surface area (Å²) in [7, 11) is 0. The molecule has 0 saturated heterocycles. The zero-order chi connectivity index (χ0) is 15.0. The fourth-order valence-corrected chi connectivity index (χ4v) is 3.20. The number of rotatable bonds is 10. The zero-order valence-electron chi connectivity index (χ0n) is 14.3. The molecule has 0 bridgehead atoms. The number of unbranched alkanes of at least 4 members (excludes halogenated alkanes) is 5. The van der Waals surface area contributed by atoms with Gasteiger partial charge < -0.3 is 4.57 Å². The predicted octanol–water partition coefficient (Wildman–Crippen LogP) is 5.77. The van der Waals surface area contributed by atoms with Gasteiger partial charge in [-0.1, -0.05) is 58.8 Å². The Kier molecular flexibility index (Phi) is 7.32. The van der Waals surface area contributed by atoms with Crippen molar-refractivity contribution in [3.05, 3.63) is 17.7 Å². The van der Waals surface area contributed by atoms with E-state index in [1.54, 1.807) is 0 Å². The van der Waals surface area contributed by atoms with Crippen LogP contribution >= 0.6 is 0 Å². The molecule has 0 aliphatic carbocycles. The topological polar surface area (TPSA) is 17.8 Å². The van der Waals surface area contributed by atoms with Gasteiger partial charge in [0.2, 0.25) is 0 Å². The number of imidazole rings is 1. The molecule has 1 aromatic heterocycles. The highest BCUT2D eigenvalue weighted by molar-refractivity contribution is 5.05. The average molecular weight is 278 g/mol. The summed E-state index contributed by atoms with van der Waals surface area (Å²) >= 11 is 0. The Labute approximate surface area is 126 Å². The lowest BCUT2D eigenvalue weighted by Gasteiger charge is -2.33. The molecular weight excluding hydrogens is 244 g/mol. The minimum atomic E-state index is 0.258. The van der Waals surface area contributed by atoms with Gasteiger partial charge in [0.15, 0.2) is 0 Å². The van der Waals surface area contributed by atoms with E-state index in [9.17, 15) is 0 Å². The quantitative estimate of drug-likeness (QED) is 0.497. The van der Waals surface area contributed by atoms with Crippen molar-refractivity contribution in [2.45, 2.75) is 97.9 Å². The summed E-state index contributed by atoms with van der Waals surface area (Å²) in [6.45, 7) is 11.2. The Morgan fingerprint density at radius 1 is 0.950 bits per heavy atom. The summed E-state index contributed by atoms with van der Waals surface area (Å²) in [6, 6.07) is 0. The minimum absolute atomic E-state index is 0.258. The van der Waals surface area contributed by atoms with Crippen LogP contribution in [0, 0.1) is 13.8 Å². The molecule has 116 valence electrons. The van der Waals surface area contributed by atoms with Gasteiger partial charge in [-0.2, -0.15) is 0 Å². The van der Waals surface area contributed by atoms with E-state index in [0.29, 0.717) is 0 Å². The highest BCUT2D eigenvalue weighted by atomic mass is 15.1. The molecule has 1 atom stereocenters. The first kappa shape index (κ1) is 17.3. The second-order valence-electron chi connectivity index (χ2n) is 6.56. The van der Waals surface area contributed by atoms with E-state index in [2.05, 4.69) is 50.4 Å². The highest BCUT2D eigenvalue weighted by Crippen LogP contribution is 2.31. The van der Waals surface area contributed by atoms with E-state index in [-0.39, 0.29) is 5.54 Å². The number of hydrogen-bond acceptors (Lipinski definition) is 1. The molecule has 0 aliphatic heterocycles. The summed E-state index contributed by atoms with van der Waals surface area (Å²) in [5, 5.41) is 0. The van der Waals surface area contributed by atoms with Gasteiger partial charge in [0.1, 0.15) is 5.82 Å². The van der Waals surface area contributed by atoms with Crippen LogP contribution in [0.3, 0.4) is 0 Å². The second kappa shape index (κ2) is 8.49. The standard InChI is InChI=1S/C18H34N2/c1-6-8-10-11-12-14-18(5,13-9-7-2)20-15-16(3)19-17(20)4/h15H,6-14H2,1-5H3. The van der Waals surface area contributed by atoms with E-state index in [1.165, 1.54) is 63.6 Å². The monoisotopic (exact) mass is 278 g/mol. The van der Waals surface area contributed by atoms with Crippen LogP contribution in [0.2, 0.25) is 0 Å². The molecule has 0 aliphatic rings. The Morgan fingerprint density at radius 3 is 2.10 bits per heavy atom. The Balaban J connectivity index is 2.68. The van der Waals surface area contributed by atoms with Crippen molar-refractivity contribution >= 4 is 0 Å². The molecule has 0 spiro atoms. The highest BCUT2D eigenvalue weighted by Gasteiger charge is 2.26. The maximum Gasteiger partial charge on any atom is 0.106 e. The molecule has 1 heterocycles. The summed E-state index contributed by atoms with van der Waals surface area (Å²) in [5.41, 5.74) is 1.41. The number of hydrogen-bond donors (Lipinski definition) is 0. The van der Waals surface area contributed by atoms with Crippen molar-refractivity contribution in [2.24, 2.45) is 0 Å². The van der Waals surface area contributed by atoms with Crippen LogP contribution in [-0.2, 0) is 5.54 Å². The van der Waals surface area contributed by atoms with Gasteiger partial charge >= 0.3 is 0 Å². The largest absolute Gasteiger partial charge is 0.329 e. The maximum absolute atomic E-state index is 4.61.